The van der Waals surface area contributed by atoms with Crippen LogP contribution in [0, 0.1) is 0 Å². The van der Waals surface area contributed by atoms with Gasteiger partial charge in [-0.3, -0.25) is 24.5 Å². The van der Waals surface area contributed by atoms with E-state index in [1.807, 2.05) is 63.4 Å². The zero-order chi connectivity index (χ0) is 31.2. The number of carbonyl (C=O) groups is 3. The topological polar surface area (TPSA) is 109 Å². The zero-order valence-electron chi connectivity index (χ0n) is 25.7. The summed E-state index contributed by atoms with van der Waals surface area (Å²) in [7, 11) is 3.39. The lowest BCUT2D eigenvalue weighted by Crippen LogP contribution is -2.50. The maximum absolute atomic E-state index is 14.4. The van der Waals surface area contributed by atoms with Crippen molar-refractivity contribution in [1.82, 2.24) is 24.8 Å². The van der Waals surface area contributed by atoms with E-state index in [0.29, 0.717) is 37.3 Å². The largest absolute Gasteiger partial charge is 0.444 e. The number of likely N-dealkylation sites (tertiary alicyclic amines) is 1. The molecule has 0 aliphatic carbocycles. The fourth-order valence-corrected chi connectivity index (χ4v) is 6.22. The molecular weight excluding hydrogens is 556 g/mol. The third-order valence-corrected chi connectivity index (χ3v) is 8.39. The van der Waals surface area contributed by atoms with E-state index in [9.17, 15) is 14.4 Å². The van der Waals surface area contributed by atoms with Crippen LogP contribution in [-0.2, 0) is 21.5 Å². The van der Waals surface area contributed by atoms with Gasteiger partial charge in [0.25, 0.3) is 5.91 Å². The highest BCUT2D eigenvalue weighted by molar-refractivity contribution is 6.08. The smallest absolute Gasteiger partial charge is 0.410 e. The Balaban J connectivity index is 1.35. The van der Waals surface area contributed by atoms with E-state index in [1.165, 1.54) is 4.90 Å². The number of piperidine rings is 1. The van der Waals surface area contributed by atoms with Gasteiger partial charge in [-0.2, -0.15) is 0 Å². The van der Waals surface area contributed by atoms with Crippen LogP contribution in [0.25, 0.3) is 21.9 Å². The molecule has 0 unspecified atom stereocenters. The molecule has 0 atom stereocenters. The van der Waals surface area contributed by atoms with Crippen LogP contribution in [0.2, 0.25) is 0 Å². The number of anilines is 1. The first-order chi connectivity index (χ1) is 21.0. The summed E-state index contributed by atoms with van der Waals surface area (Å²) in [6.07, 6.45) is 7.60. The van der Waals surface area contributed by atoms with Gasteiger partial charge in [-0.1, -0.05) is 30.3 Å². The van der Waals surface area contributed by atoms with Crippen molar-refractivity contribution in [3.05, 3.63) is 84.2 Å². The molecule has 5 heterocycles. The molecule has 0 bridgehead atoms. The van der Waals surface area contributed by atoms with E-state index in [2.05, 4.69) is 9.97 Å². The van der Waals surface area contributed by atoms with Crippen LogP contribution in [0.4, 0.5) is 10.5 Å². The summed E-state index contributed by atoms with van der Waals surface area (Å²) in [4.78, 5) is 58.4. The van der Waals surface area contributed by atoms with Crippen LogP contribution in [0.1, 0.15) is 55.4 Å². The molecule has 1 aromatic carbocycles. The second-order valence-corrected chi connectivity index (χ2v) is 12.6. The number of amides is 3. The average Bonchev–Trinajstić information content (AvgIpc) is 3.22. The van der Waals surface area contributed by atoms with E-state index < -0.39 is 11.0 Å². The number of carbonyl (C=O) groups excluding carboxylic acids is 3. The lowest BCUT2D eigenvalue weighted by atomic mass is 9.74. The van der Waals surface area contributed by atoms with Crippen molar-refractivity contribution in [1.29, 1.82) is 0 Å². The van der Waals surface area contributed by atoms with Crippen LogP contribution in [0.3, 0.4) is 0 Å². The van der Waals surface area contributed by atoms with Crippen molar-refractivity contribution in [3.8, 4) is 11.1 Å². The molecule has 1 saturated heterocycles. The van der Waals surface area contributed by atoms with Gasteiger partial charge in [0.1, 0.15) is 11.3 Å². The van der Waals surface area contributed by atoms with E-state index >= 15 is 0 Å². The molecule has 0 radical (unpaired) electrons. The van der Waals surface area contributed by atoms with E-state index in [0.717, 1.165) is 33.2 Å². The summed E-state index contributed by atoms with van der Waals surface area (Å²) in [6.45, 7) is 6.61. The minimum absolute atomic E-state index is 0.0182. The Morgan fingerprint density at radius 3 is 2.41 bits per heavy atom. The predicted octanol–water partition coefficient (Wildman–Crippen LogP) is 5.21. The molecule has 2 aliphatic rings. The minimum atomic E-state index is -0.760. The molecule has 10 nitrogen and oxygen atoms in total. The highest BCUT2D eigenvalue weighted by Crippen LogP contribution is 2.48. The van der Waals surface area contributed by atoms with Crippen molar-refractivity contribution in [2.75, 3.05) is 32.1 Å². The molecule has 1 fully saturated rings. The number of fused-ring (bicyclic) bond motifs is 3. The quantitative estimate of drug-likeness (QED) is 0.320. The Morgan fingerprint density at radius 1 is 0.977 bits per heavy atom. The fraction of sp³-hybridized carbons (Fsp3) is 0.353. The molecule has 10 heteroatoms. The number of hydrogen-bond acceptors (Lipinski definition) is 7. The Labute approximate surface area is 256 Å². The SMILES string of the molecule is CN(C)C(=O)c1ccc(-c2c(CN3C(=O)C4(CCN(C(=O)OC(C)(C)C)CC4)c4ccncc43)ncc3ccccc23)cn1. The lowest BCUT2D eigenvalue weighted by Gasteiger charge is -2.38. The Kier molecular flexibility index (Phi) is 7.31. The summed E-state index contributed by atoms with van der Waals surface area (Å²) in [5.74, 6) is -0.196. The number of rotatable bonds is 4. The number of pyridine rings is 3. The van der Waals surface area contributed by atoms with Crippen LogP contribution >= 0.6 is 0 Å². The molecule has 0 saturated carbocycles. The molecule has 4 aromatic rings. The summed E-state index contributed by atoms with van der Waals surface area (Å²) >= 11 is 0. The van der Waals surface area contributed by atoms with Gasteiger partial charge in [0.15, 0.2) is 0 Å². The summed E-state index contributed by atoms with van der Waals surface area (Å²) in [6, 6.07) is 13.5. The Morgan fingerprint density at radius 2 is 1.73 bits per heavy atom. The zero-order valence-corrected chi connectivity index (χ0v) is 25.7. The van der Waals surface area contributed by atoms with Gasteiger partial charge in [0, 0.05) is 62.3 Å². The predicted molar refractivity (Wildman–Crippen MR) is 167 cm³/mol. The molecule has 3 aromatic heterocycles. The molecular formula is C34H36N6O4. The number of aromatic nitrogens is 3. The van der Waals surface area contributed by atoms with Gasteiger partial charge in [0.05, 0.1) is 29.5 Å². The standard InChI is InChI=1S/C34H36N6O4/c1-33(2,3)44-32(43)39-16-13-34(14-17-39)25-12-15-35-20-28(25)40(31(34)42)21-27-29(24-9-7-6-8-22(24)18-37-27)23-10-11-26(36-19-23)30(41)38(4)5/h6-12,15,18-20H,13-14,16-17,21H2,1-5H3. The van der Waals surface area contributed by atoms with Gasteiger partial charge in [-0.15, -0.1) is 0 Å². The first-order valence-corrected chi connectivity index (χ1v) is 14.8. The number of ether oxygens (including phenoxy) is 1. The van der Waals surface area contributed by atoms with Gasteiger partial charge in [-0.05, 0) is 56.7 Å². The third kappa shape index (κ3) is 5.14. The van der Waals surface area contributed by atoms with Crippen molar-refractivity contribution in [2.45, 2.75) is 51.2 Å². The molecule has 2 aliphatic heterocycles. The maximum Gasteiger partial charge on any atom is 0.410 e. The first kappa shape index (κ1) is 29.2. The summed E-state index contributed by atoms with van der Waals surface area (Å²) < 4.78 is 5.59. The number of benzene rings is 1. The van der Waals surface area contributed by atoms with Crippen LogP contribution < -0.4 is 4.90 Å². The molecule has 44 heavy (non-hydrogen) atoms. The normalized spacial score (nSPS) is 15.9. The molecule has 0 N–H and O–H groups in total. The van der Waals surface area contributed by atoms with E-state index in [1.54, 1.807) is 48.6 Å². The number of nitrogens with zero attached hydrogens (tertiary/aromatic N) is 6. The van der Waals surface area contributed by atoms with Crippen molar-refractivity contribution in [3.63, 3.8) is 0 Å². The average molecular weight is 593 g/mol. The number of hydrogen-bond donors (Lipinski definition) is 0. The highest BCUT2D eigenvalue weighted by atomic mass is 16.6. The van der Waals surface area contributed by atoms with Gasteiger partial charge in [0.2, 0.25) is 5.91 Å². The van der Waals surface area contributed by atoms with Crippen molar-refractivity contribution < 1.29 is 19.1 Å². The van der Waals surface area contributed by atoms with E-state index in [-0.39, 0.29) is 24.5 Å². The summed E-state index contributed by atoms with van der Waals surface area (Å²) in [5.41, 5.74) is 3.06. The van der Waals surface area contributed by atoms with Crippen LogP contribution in [0.15, 0.2) is 67.3 Å². The maximum atomic E-state index is 14.4. The molecule has 6 rings (SSSR count). The fourth-order valence-electron chi connectivity index (χ4n) is 6.22. The van der Waals surface area contributed by atoms with Crippen molar-refractivity contribution in [2.24, 2.45) is 0 Å². The summed E-state index contributed by atoms with van der Waals surface area (Å²) in [5, 5.41) is 1.94. The van der Waals surface area contributed by atoms with Crippen molar-refractivity contribution >= 4 is 34.4 Å². The highest BCUT2D eigenvalue weighted by Gasteiger charge is 2.53. The Bertz CT molecular complexity index is 1750. The van der Waals surface area contributed by atoms with Gasteiger partial charge >= 0.3 is 6.09 Å². The van der Waals surface area contributed by atoms with Gasteiger partial charge in [-0.25, -0.2) is 4.79 Å². The van der Waals surface area contributed by atoms with Crippen LogP contribution in [-0.4, -0.2) is 75.4 Å². The second kappa shape index (κ2) is 11.0. The molecule has 226 valence electrons. The monoisotopic (exact) mass is 592 g/mol. The first-order valence-electron chi connectivity index (χ1n) is 14.8. The lowest BCUT2D eigenvalue weighted by molar-refractivity contribution is -0.125. The third-order valence-electron chi connectivity index (χ3n) is 8.39. The van der Waals surface area contributed by atoms with E-state index in [4.69, 9.17) is 9.72 Å². The minimum Gasteiger partial charge on any atom is -0.444 e. The molecule has 1 spiro atoms. The van der Waals surface area contributed by atoms with Crippen LogP contribution in [0.5, 0.6) is 0 Å². The van der Waals surface area contributed by atoms with Gasteiger partial charge < -0.3 is 19.4 Å². The Hall–Kier alpha value is -4.86. The second-order valence-electron chi connectivity index (χ2n) is 12.6. The molecule has 3 amide bonds.